The first-order valence-corrected chi connectivity index (χ1v) is 11.4. The molecule has 1 aromatic carbocycles. The summed E-state index contributed by atoms with van der Waals surface area (Å²) in [6, 6.07) is 8.38. The molecule has 0 bridgehead atoms. The van der Waals surface area contributed by atoms with Crippen LogP contribution in [0.5, 0.6) is 0 Å². The van der Waals surface area contributed by atoms with Crippen molar-refractivity contribution in [3.05, 3.63) is 35.4 Å². The minimum absolute atomic E-state index is 0.272. The van der Waals surface area contributed by atoms with Crippen molar-refractivity contribution in [1.29, 1.82) is 0 Å². The number of nitrogens with one attached hydrogen (secondary N) is 2. The number of aliphatic imine (C=N–C) groups is 1. The van der Waals surface area contributed by atoms with Gasteiger partial charge in [0.05, 0.1) is 6.54 Å². The number of hydrogen-bond donors (Lipinski definition) is 2. The second-order valence-electron chi connectivity index (χ2n) is 9.19. The summed E-state index contributed by atoms with van der Waals surface area (Å²) in [6.07, 6.45) is 6.95. The lowest BCUT2D eigenvalue weighted by atomic mass is 9.64. The van der Waals surface area contributed by atoms with Crippen LogP contribution in [-0.4, -0.2) is 36.4 Å². The highest BCUT2D eigenvalue weighted by molar-refractivity contribution is 5.80. The Balaban J connectivity index is 1.63. The van der Waals surface area contributed by atoms with E-state index in [2.05, 4.69) is 55.7 Å². The first-order chi connectivity index (χ1) is 14.0. The predicted octanol–water partition coefficient (Wildman–Crippen LogP) is 4.08. The zero-order valence-corrected chi connectivity index (χ0v) is 18.5. The molecule has 160 valence electrons. The molecule has 1 heterocycles. The molecular formula is C24H38N4O. The molecule has 5 nitrogen and oxygen atoms in total. The van der Waals surface area contributed by atoms with E-state index in [1.165, 1.54) is 36.8 Å². The summed E-state index contributed by atoms with van der Waals surface area (Å²) in [7, 11) is 0. The first-order valence-electron chi connectivity index (χ1n) is 11.4. The quantitative estimate of drug-likeness (QED) is 0.487. The van der Waals surface area contributed by atoms with Crippen molar-refractivity contribution < 1.29 is 4.79 Å². The molecule has 1 saturated heterocycles. The molecule has 0 unspecified atom stereocenters. The van der Waals surface area contributed by atoms with E-state index >= 15 is 0 Å². The Hall–Kier alpha value is -2.04. The van der Waals surface area contributed by atoms with Gasteiger partial charge in [0.1, 0.15) is 0 Å². The van der Waals surface area contributed by atoms with Gasteiger partial charge >= 0.3 is 0 Å². The fourth-order valence-corrected chi connectivity index (χ4v) is 4.72. The molecule has 0 spiro atoms. The topological polar surface area (TPSA) is 56.7 Å². The molecule has 5 heteroatoms. The van der Waals surface area contributed by atoms with Crippen LogP contribution in [0.25, 0.3) is 0 Å². The van der Waals surface area contributed by atoms with E-state index in [9.17, 15) is 4.79 Å². The van der Waals surface area contributed by atoms with Crippen LogP contribution in [-0.2, 0) is 17.9 Å². The molecule has 1 aliphatic heterocycles. The number of rotatable bonds is 9. The lowest BCUT2D eigenvalue weighted by Gasteiger charge is -2.43. The van der Waals surface area contributed by atoms with Crippen LogP contribution >= 0.6 is 0 Å². The van der Waals surface area contributed by atoms with Gasteiger partial charge in [0.15, 0.2) is 5.96 Å². The Morgan fingerprint density at radius 2 is 1.93 bits per heavy atom. The number of likely N-dealkylation sites (tertiary alicyclic amines) is 1. The number of carbonyl (C=O) groups is 1. The molecule has 0 aromatic heterocycles. The molecule has 1 amide bonds. The highest BCUT2D eigenvalue weighted by Crippen LogP contribution is 2.45. The minimum Gasteiger partial charge on any atom is -0.357 e. The van der Waals surface area contributed by atoms with Gasteiger partial charge in [0.2, 0.25) is 5.91 Å². The van der Waals surface area contributed by atoms with Gasteiger partial charge in [-0.05, 0) is 55.1 Å². The average molecular weight is 399 g/mol. The maximum atomic E-state index is 12.0. The Kier molecular flexibility index (Phi) is 7.57. The maximum Gasteiger partial charge on any atom is 0.222 e. The van der Waals surface area contributed by atoms with Gasteiger partial charge in [0.25, 0.3) is 0 Å². The Bertz CT molecular complexity index is 709. The lowest BCUT2D eigenvalue weighted by molar-refractivity contribution is -0.128. The van der Waals surface area contributed by atoms with Crippen LogP contribution in [0.4, 0.5) is 0 Å². The predicted molar refractivity (Wildman–Crippen MR) is 120 cm³/mol. The number of amides is 1. The van der Waals surface area contributed by atoms with Crippen molar-refractivity contribution in [2.24, 2.45) is 16.3 Å². The number of nitrogens with zero attached hydrogens (tertiary/aromatic N) is 2. The summed E-state index contributed by atoms with van der Waals surface area (Å²) in [5.41, 5.74) is 2.85. The van der Waals surface area contributed by atoms with E-state index < -0.39 is 0 Å². The van der Waals surface area contributed by atoms with Crippen LogP contribution in [0, 0.1) is 11.3 Å². The summed E-state index contributed by atoms with van der Waals surface area (Å²) < 4.78 is 0. The van der Waals surface area contributed by atoms with Gasteiger partial charge in [-0.3, -0.25) is 4.79 Å². The van der Waals surface area contributed by atoms with Gasteiger partial charge in [-0.15, -0.1) is 0 Å². The number of guanidine groups is 1. The molecule has 0 atom stereocenters. The highest BCUT2D eigenvalue weighted by Gasteiger charge is 2.37. The minimum atomic E-state index is 0.272. The third-order valence-corrected chi connectivity index (χ3v) is 6.29. The molecule has 2 aliphatic rings. The molecule has 1 saturated carbocycles. The highest BCUT2D eigenvalue weighted by atomic mass is 16.2. The number of carbonyl (C=O) groups excluding carboxylic acids is 1. The largest absolute Gasteiger partial charge is 0.357 e. The molecule has 3 rings (SSSR count). The van der Waals surface area contributed by atoms with Crippen molar-refractivity contribution in [1.82, 2.24) is 15.5 Å². The number of benzene rings is 1. The fourth-order valence-electron chi connectivity index (χ4n) is 4.72. The maximum absolute atomic E-state index is 12.0. The van der Waals surface area contributed by atoms with Gasteiger partial charge in [-0.25, -0.2) is 4.99 Å². The van der Waals surface area contributed by atoms with E-state index in [1.807, 2.05) is 4.90 Å². The summed E-state index contributed by atoms with van der Waals surface area (Å²) in [6.45, 7) is 10.8. The summed E-state index contributed by atoms with van der Waals surface area (Å²) >= 11 is 0. The Morgan fingerprint density at radius 1 is 1.17 bits per heavy atom. The number of hydrogen-bond acceptors (Lipinski definition) is 2. The molecule has 1 aromatic rings. The molecule has 0 radical (unpaired) electrons. The van der Waals surface area contributed by atoms with Crippen LogP contribution in [0.15, 0.2) is 29.3 Å². The molecular weight excluding hydrogens is 360 g/mol. The average Bonchev–Trinajstić information content (AvgIpc) is 3.07. The van der Waals surface area contributed by atoms with Crippen molar-refractivity contribution >= 4 is 11.9 Å². The smallest absolute Gasteiger partial charge is 0.222 e. The van der Waals surface area contributed by atoms with Gasteiger partial charge in [-0.2, -0.15) is 0 Å². The Morgan fingerprint density at radius 3 is 2.52 bits per heavy atom. The van der Waals surface area contributed by atoms with E-state index in [1.54, 1.807) is 0 Å². The zero-order valence-electron chi connectivity index (χ0n) is 18.5. The molecule has 2 fully saturated rings. The van der Waals surface area contributed by atoms with Crippen LogP contribution < -0.4 is 10.6 Å². The summed E-state index contributed by atoms with van der Waals surface area (Å²) in [4.78, 5) is 18.8. The van der Waals surface area contributed by atoms with Crippen molar-refractivity contribution in [2.75, 3.05) is 19.6 Å². The summed E-state index contributed by atoms with van der Waals surface area (Å²) in [5, 5.41) is 7.01. The van der Waals surface area contributed by atoms with Gasteiger partial charge in [0, 0.05) is 32.6 Å². The first kappa shape index (κ1) is 21.7. The third-order valence-electron chi connectivity index (χ3n) is 6.29. The molecule has 1 aliphatic carbocycles. The Labute approximate surface area is 176 Å². The van der Waals surface area contributed by atoms with E-state index in [0.29, 0.717) is 24.9 Å². The van der Waals surface area contributed by atoms with E-state index in [0.717, 1.165) is 37.9 Å². The monoisotopic (exact) mass is 398 g/mol. The second-order valence-corrected chi connectivity index (χ2v) is 9.19. The van der Waals surface area contributed by atoms with Crippen LogP contribution in [0.1, 0.15) is 70.4 Å². The lowest BCUT2D eigenvalue weighted by Crippen LogP contribution is -2.47. The van der Waals surface area contributed by atoms with Gasteiger partial charge in [-0.1, -0.05) is 44.5 Å². The zero-order chi connectivity index (χ0) is 20.7. The summed E-state index contributed by atoms with van der Waals surface area (Å²) in [5.74, 6) is 1.90. The normalized spacial score (nSPS) is 18.8. The van der Waals surface area contributed by atoms with Gasteiger partial charge < -0.3 is 15.5 Å². The van der Waals surface area contributed by atoms with Crippen molar-refractivity contribution in [2.45, 2.75) is 72.4 Å². The van der Waals surface area contributed by atoms with E-state index in [-0.39, 0.29) is 5.91 Å². The van der Waals surface area contributed by atoms with Crippen LogP contribution in [0.3, 0.4) is 0 Å². The fraction of sp³-hybridized carbons (Fsp3) is 0.667. The third kappa shape index (κ3) is 5.97. The van der Waals surface area contributed by atoms with Crippen LogP contribution in [0.2, 0.25) is 0 Å². The SMILES string of the molecule is CCNC(=NCc1ccccc1CN1CCCC1=O)NCC1(CC(C)C)CCC1. The van der Waals surface area contributed by atoms with Crippen molar-refractivity contribution in [3.63, 3.8) is 0 Å². The molecule has 29 heavy (non-hydrogen) atoms. The van der Waals surface area contributed by atoms with E-state index in [4.69, 9.17) is 4.99 Å². The second kappa shape index (κ2) is 10.1. The van der Waals surface area contributed by atoms with Crippen molar-refractivity contribution in [3.8, 4) is 0 Å². The molecule has 2 N–H and O–H groups in total. The standard InChI is InChI=1S/C24H38N4O/c1-4-25-23(27-18-24(12-8-13-24)15-19(2)3)26-16-20-9-5-6-10-21(20)17-28-14-7-11-22(28)29/h5-6,9-10,19H,4,7-8,11-18H2,1-3H3,(H2,25,26,27).